The Morgan fingerprint density at radius 2 is 1.81 bits per heavy atom. The summed E-state index contributed by atoms with van der Waals surface area (Å²) in [5, 5.41) is 2.08. The minimum Gasteiger partial charge on any atom is -0.485 e. The predicted molar refractivity (Wildman–Crippen MR) is 107 cm³/mol. The summed E-state index contributed by atoms with van der Waals surface area (Å²) in [5.41, 5.74) is -0.0531. The van der Waals surface area contributed by atoms with Crippen molar-refractivity contribution in [2.75, 3.05) is 27.3 Å². The molecule has 1 atom stereocenters. The lowest BCUT2D eigenvalue weighted by Gasteiger charge is -2.25. The van der Waals surface area contributed by atoms with Gasteiger partial charge in [-0.25, -0.2) is 17.5 Å². The molecule has 0 saturated heterocycles. The monoisotopic (exact) mass is 448 g/mol. The van der Waals surface area contributed by atoms with E-state index >= 15 is 0 Å². The number of esters is 1. The van der Waals surface area contributed by atoms with Crippen LogP contribution in [-0.2, 0) is 24.3 Å². The molecule has 0 spiro atoms. The maximum atomic E-state index is 12.2. The zero-order valence-corrected chi connectivity index (χ0v) is 17.5. The van der Waals surface area contributed by atoms with Gasteiger partial charge in [-0.1, -0.05) is 18.2 Å². The standard InChI is InChI=1S/C20H20N2O8S/c1-22(2)31(26,27)14-7-5-6-13(10-14)20(25)29-12-18(23)21-19(24)17-11-28-15-8-3-4-9-16(15)30-17/h3-10,17H,11-12H2,1-2H3,(H,21,23,24)/t17-/m1/s1. The van der Waals surface area contributed by atoms with E-state index in [1.54, 1.807) is 24.3 Å². The molecule has 164 valence electrons. The Balaban J connectivity index is 1.54. The third-order valence-corrected chi connectivity index (χ3v) is 6.06. The van der Waals surface area contributed by atoms with Crippen LogP contribution in [0.5, 0.6) is 11.5 Å². The van der Waals surface area contributed by atoms with Crippen molar-refractivity contribution in [2.45, 2.75) is 11.0 Å². The molecule has 0 aromatic heterocycles. The molecular weight excluding hydrogens is 428 g/mol. The second-order valence-electron chi connectivity index (χ2n) is 6.67. The van der Waals surface area contributed by atoms with Gasteiger partial charge in [0.25, 0.3) is 11.8 Å². The summed E-state index contributed by atoms with van der Waals surface area (Å²) in [6, 6.07) is 12.0. The second kappa shape index (κ2) is 9.14. The van der Waals surface area contributed by atoms with Gasteiger partial charge in [0.1, 0.15) is 6.61 Å². The Morgan fingerprint density at radius 3 is 2.52 bits per heavy atom. The lowest BCUT2D eigenvalue weighted by atomic mass is 10.2. The fourth-order valence-electron chi connectivity index (χ4n) is 2.61. The minimum atomic E-state index is -3.74. The first-order valence-electron chi connectivity index (χ1n) is 9.10. The van der Waals surface area contributed by atoms with Gasteiger partial charge in [-0.15, -0.1) is 0 Å². The summed E-state index contributed by atoms with van der Waals surface area (Å²) in [4.78, 5) is 36.3. The Labute approximate surface area is 178 Å². The van der Waals surface area contributed by atoms with Crippen LogP contribution in [0.2, 0.25) is 0 Å². The summed E-state index contributed by atoms with van der Waals surface area (Å²) >= 11 is 0. The number of ether oxygens (including phenoxy) is 3. The highest BCUT2D eigenvalue weighted by molar-refractivity contribution is 7.89. The first-order chi connectivity index (χ1) is 14.7. The van der Waals surface area contributed by atoms with Gasteiger partial charge in [-0.05, 0) is 30.3 Å². The molecule has 11 heteroatoms. The molecule has 0 unspecified atom stereocenters. The van der Waals surface area contributed by atoms with Crippen molar-refractivity contribution < 1.29 is 37.0 Å². The molecule has 1 heterocycles. The number of hydrogen-bond acceptors (Lipinski definition) is 8. The van der Waals surface area contributed by atoms with Crippen LogP contribution in [0.3, 0.4) is 0 Å². The van der Waals surface area contributed by atoms with Crippen molar-refractivity contribution in [1.82, 2.24) is 9.62 Å². The number of carbonyl (C=O) groups is 3. The van der Waals surface area contributed by atoms with E-state index in [1.807, 2.05) is 0 Å². The van der Waals surface area contributed by atoms with Crippen LogP contribution in [0.15, 0.2) is 53.4 Å². The Kier molecular flexibility index (Phi) is 6.56. The van der Waals surface area contributed by atoms with E-state index < -0.39 is 40.5 Å². The molecule has 0 bridgehead atoms. The third kappa shape index (κ3) is 5.19. The van der Waals surface area contributed by atoms with Gasteiger partial charge in [0, 0.05) is 14.1 Å². The van der Waals surface area contributed by atoms with Crippen LogP contribution in [-0.4, -0.2) is 63.9 Å². The van der Waals surface area contributed by atoms with Gasteiger partial charge < -0.3 is 14.2 Å². The van der Waals surface area contributed by atoms with Gasteiger partial charge in [-0.3, -0.25) is 14.9 Å². The molecule has 0 saturated carbocycles. The highest BCUT2D eigenvalue weighted by Gasteiger charge is 2.28. The van der Waals surface area contributed by atoms with E-state index in [1.165, 1.54) is 32.3 Å². The molecule has 3 rings (SSSR count). The van der Waals surface area contributed by atoms with E-state index in [2.05, 4.69) is 5.32 Å². The predicted octanol–water partition coefficient (Wildman–Crippen LogP) is 0.577. The molecule has 0 aliphatic carbocycles. The molecule has 1 N–H and O–H groups in total. The van der Waals surface area contributed by atoms with E-state index in [9.17, 15) is 22.8 Å². The van der Waals surface area contributed by atoms with Gasteiger partial charge in [0.2, 0.25) is 16.1 Å². The van der Waals surface area contributed by atoms with Crippen LogP contribution in [0.25, 0.3) is 0 Å². The van der Waals surface area contributed by atoms with Crippen LogP contribution < -0.4 is 14.8 Å². The average molecular weight is 448 g/mol. The number of fused-ring (bicyclic) bond motifs is 1. The Bertz CT molecular complexity index is 1110. The molecule has 1 aliphatic heterocycles. The summed E-state index contributed by atoms with van der Waals surface area (Å²) in [5.74, 6) is -1.65. The van der Waals surface area contributed by atoms with E-state index in [-0.39, 0.29) is 17.1 Å². The summed E-state index contributed by atoms with van der Waals surface area (Å²) in [6.45, 7) is -0.817. The molecular formula is C20H20N2O8S. The fraction of sp³-hybridized carbons (Fsp3) is 0.250. The van der Waals surface area contributed by atoms with Crippen molar-refractivity contribution in [2.24, 2.45) is 0 Å². The molecule has 10 nitrogen and oxygen atoms in total. The number of rotatable bonds is 6. The molecule has 0 radical (unpaired) electrons. The van der Waals surface area contributed by atoms with Crippen molar-refractivity contribution in [3.05, 3.63) is 54.1 Å². The molecule has 0 fully saturated rings. The molecule has 1 aliphatic rings. The maximum Gasteiger partial charge on any atom is 0.338 e. The average Bonchev–Trinajstić information content (AvgIpc) is 2.77. The number of imide groups is 1. The van der Waals surface area contributed by atoms with Crippen molar-refractivity contribution in [1.29, 1.82) is 0 Å². The number of para-hydroxylation sites is 2. The van der Waals surface area contributed by atoms with Crippen molar-refractivity contribution in [3.8, 4) is 11.5 Å². The molecule has 2 amide bonds. The summed E-state index contributed by atoms with van der Waals surface area (Å²) < 4.78 is 41.1. The minimum absolute atomic E-state index is 0.0531. The molecule has 31 heavy (non-hydrogen) atoms. The smallest absolute Gasteiger partial charge is 0.338 e. The topological polar surface area (TPSA) is 128 Å². The first-order valence-corrected chi connectivity index (χ1v) is 10.5. The van der Waals surface area contributed by atoms with Crippen LogP contribution in [0.1, 0.15) is 10.4 Å². The molecule has 2 aromatic carbocycles. The number of hydrogen-bond donors (Lipinski definition) is 1. The normalized spacial score (nSPS) is 15.3. The molecule has 2 aromatic rings. The first kappa shape index (κ1) is 22.2. The van der Waals surface area contributed by atoms with Gasteiger partial charge in [0.15, 0.2) is 18.1 Å². The number of amides is 2. The fourth-order valence-corrected chi connectivity index (χ4v) is 3.56. The zero-order chi connectivity index (χ0) is 22.6. The Morgan fingerprint density at radius 1 is 1.10 bits per heavy atom. The second-order valence-corrected chi connectivity index (χ2v) is 8.82. The largest absolute Gasteiger partial charge is 0.485 e. The van der Waals surface area contributed by atoms with Gasteiger partial charge in [0.05, 0.1) is 10.5 Å². The van der Waals surface area contributed by atoms with E-state index in [0.29, 0.717) is 11.5 Å². The summed E-state index contributed by atoms with van der Waals surface area (Å²) in [7, 11) is -1.01. The third-order valence-electron chi connectivity index (χ3n) is 4.25. The van der Waals surface area contributed by atoms with Crippen molar-refractivity contribution >= 4 is 27.8 Å². The number of sulfonamides is 1. The Hall–Kier alpha value is -3.44. The van der Waals surface area contributed by atoms with E-state index in [0.717, 1.165) is 10.4 Å². The maximum absolute atomic E-state index is 12.2. The summed E-state index contributed by atoms with van der Waals surface area (Å²) in [6.07, 6.45) is -1.04. The SMILES string of the molecule is CN(C)S(=O)(=O)c1cccc(C(=O)OCC(=O)NC(=O)[C@H]2COc3ccccc3O2)c1. The highest BCUT2D eigenvalue weighted by atomic mass is 32.2. The van der Waals surface area contributed by atoms with Gasteiger partial charge in [-0.2, -0.15) is 0 Å². The van der Waals surface area contributed by atoms with Crippen LogP contribution in [0.4, 0.5) is 0 Å². The highest BCUT2D eigenvalue weighted by Crippen LogP contribution is 2.30. The lowest BCUT2D eigenvalue weighted by molar-refractivity contribution is -0.137. The van der Waals surface area contributed by atoms with E-state index in [4.69, 9.17) is 14.2 Å². The van der Waals surface area contributed by atoms with Crippen LogP contribution in [0, 0.1) is 0 Å². The zero-order valence-electron chi connectivity index (χ0n) is 16.7. The lowest BCUT2D eigenvalue weighted by Crippen LogP contribution is -2.47. The van der Waals surface area contributed by atoms with Crippen LogP contribution >= 0.6 is 0 Å². The quantitative estimate of drug-likeness (QED) is 0.636. The number of carbonyl (C=O) groups excluding carboxylic acids is 3. The van der Waals surface area contributed by atoms with Gasteiger partial charge >= 0.3 is 5.97 Å². The number of nitrogens with zero attached hydrogens (tertiary/aromatic N) is 1. The number of benzene rings is 2. The number of nitrogens with one attached hydrogen (secondary N) is 1. The van der Waals surface area contributed by atoms with Crippen molar-refractivity contribution in [3.63, 3.8) is 0 Å².